The Morgan fingerprint density at radius 3 is 1.94 bits per heavy atom. The summed E-state index contributed by atoms with van der Waals surface area (Å²) < 4.78 is 26.0. The molecule has 0 bridgehead atoms. The van der Waals surface area contributed by atoms with E-state index in [1.807, 2.05) is 6.92 Å². The normalized spacial score (nSPS) is 15.2. The van der Waals surface area contributed by atoms with E-state index in [4.69, 9.17) is 5.73 Å². The smallest absolute Gasteiger partial charge is 0.126 e. The first-order chi connectivity index (χ1) is 7.40. The lowest BCUT2D eigenvalue weighted by atomic mass is 9.84. The standard InChI is InChI=1S/C13H19F2N/c1-8(2)13(9(3)16)6-10-4-11(14)7-12(15)5-10/h4-5,7-9,13H,6,16H2,1-3H3. The lowest BCUT2D eigenvalue weighted by Gasteiger charge is -2.24. The zero-order valence-electron chi connectivity index (χ0n) is 10.0. The van der Waals surface area contributed by atoms with Gasteiger partial charge in [-0.3, -0.25) is 0 Å². The average Bonchev–Trinajstić information content (AvgIpc) is 2.11. The molecular formula is C13H19F2N. The van der Waals surface area contributed by atoms with Gasteiger partial charge in [-0.25, -0.2) is 8.78 Å². The number of benzene rings is 1. The minimum atomic E-state index is -0.526. The quantitative estimate of drug-likeness (QED) is 0.840. The van der Waals surface area contributed by atoms with Crippen LogP contribution in [0.2, 0.25) is 0 Å². The fourth-order valence-corrected chi connectivity index (χ4v) is 2.03. The van der Waals surface area contributed by atoms with Crippen LogP contribution in [0, 0.1) is 23.5 Å². The molecule has 0 saturated heterocycles. The van der Waals surface area contributed by atoms with E-state index in [0.29, 0.717) is 17.9 Å². The summed E-state index contributed by atoms with van der Waals surface area (Å²) in [6, 6.07) is 3.66. The molecule has 2 unspecified atom stereocenters. The first-order valence-corrected chi connectivity index (χ1v) is 5.60. The van der Waals surface area contributed by atoms with Gasteiger partial charge in [0, 0.05) is 12.1 Å². The van der Waals surface area contributed by atoms with Crippen molar-refractivity contribution in [3.63, 3.8) is 0 Å². The average molecular weight is 227 g/mol. The van der Waals surface area contributed by atoms with E-state index < -0.39 is 11.6 Å². The molecule has 0 aliphatic carbocycles. The van der Waals surface area contributed by atoms with Gasteiger partial charge in [0.2, 0.25) is 0 Å². The third kappa shape index (κ3) is 3.56. The molecule has 0 aliphatic heterocycles. The summed E-state index contributed by atoms with van der Waals surface area (Å²) in [6.07, 6.45) is 0.615. The maximum Gasteiger partial charge on any atom is 0.126 e. The van der Waals surface area contributed by atoms with Gasteiger partial charge in [0.1, 0.15) is 11.6 Å². The van der Waals surface area contributed by atoms with E-state index >= 15 is 0 Å². The van der Waals surface area contributed by atoms with Crippen molar-refractivity contribution in [2.45, 2.75) is 33.2 Å². The summed E-state index contributed by atoms with van der Waals surface area (Å²) in [5.74, 6) is -0.420. The van der Waals surface area contributed by atoms with Crippen LogP contribution < -0.4 is 5.73 Å². The molecule has 90 valence electrons. The zero-order chi connectivity index (χ0) is 12.3. The Bertz CT molecular complexity index is 320. The van der Waals surface area contributed by atoms with Crippen molar-refractivity contribution in [2.75, 3.05) is 0 Å². The highest BCUT2D eigenvalue weighted by molar-refractivity contribution is 5.18. The van der Waals surface area contributed by atoms with E-state index in [2.05, 4.69) is 13.8 Å². The van der Waals surface area contributed by atoms with Crippen LogP contribution >= 0.6 is 0 Å². The number of rotatable bonds is 4. The third-order valence-electron chi connectivity index (χ3n) is 2.93. The molecule has 1 rings (SSSR count). The summed E-state index contributed by atoms with van der Waals surface area (Å²) >= 11 is 0. The van der Waals surface area contributed by atoms with Crippen LogP contribution in [-0.2, 0) is 6.42 Å². The summed E-state index contributed by atoms with van der Waals surface area (Å²) in [5.41, 5.74) is 6.55. The molecule has 2 atom stereocenters. The Morgan fingerprint density at radius 2 is 1.56 bits per heavy atom. The lowest BCUT2D eigenvalue weighted by molar-refractivity contribution is 0.329. The van der Waals surface area contributed by atoms with Crippen LogP contribution in [0.3, 0.4) is 0 Å². The largest absolute Gasteiger partial charge is 0.328 e. The van der Waals surface area contributed by atoms with Crippen LogP contribution in [0.4, 0.5) is 8.78 Å². The van der Waals surface area contributed by atoms with Crippen LogP contribution in [-0.4, -0.2) is 6.04 Å². The highest BCUT2D eigenvalue weighted by Gasteiger charge is 2.18. The van der Waals surface area contributed by atoms with E-state index in [1.165, 1.54) is 12.1 Å². The Balaban J connectivity index is 2.85. The molecule has 16 heavy (non-hydrogen) atoms. The van der Waals surface area contributed by atoms with Gasteiger partial charge in [-0.2, -0.15) is 0 Å². The van der Waals surface area contributed by atoms with Crippen LogP contribution in [0.1, 0.15) is 26.3 Å². The molecule has 0 aliphatic rings. The third-order valence-corrected chi connectivity index (χ3v) is 2.93. The predicted octanol–water partition coefficient (Wildman–Crippen LogP) is 3.13. The molecule has 0 saturated carbocycles. The SMILES string of the molecule is CC(C)C(Cc1cc(F)cc(F)c1)C(C)N. The van der Waals surface area contributed by atoms with Crippen molar-refractivity contribution in [3.05, 3.63) is 35.4 Å². The first-order valence-electron chi connectivity index (χ1n) is 5.60. The van der Waals surface area contributed by atoms with Crippen molar-refractivity contribution < 1.29 is 8.78 Å². The van der Waals surface area contributed by atoms with E-state index in [9.17, 15) is 8.78 Å². The summed E-state index contributed by atoms with van der Waals surface area (Å²) in [6.45, 7) is 6.08. The second-order valence-corrected chi connectivity index (χ2v) is 4.75. The van der Waals surface area contributed by atoms with Crippen LogP contribution in [0.15, 0.2) is 18.2 Å². The molecular weight excluding hydrogens is 208 g/mol. The molecule has 0 spiro atoms. The van der Waals surface area contributed by atoms with Gasteiger partial charge in [-0.05, 0) is 42.9 Å². The lowest BCUT2D eigenvalue weighted by Crippen LogP contribution is -2.32. The first kappa shape index (κ1) is 13.1. The molecule has 1 aromatic rings. The topological polar surface area (TPSA) is 26.0 Å². The van der Waals surface area contributed by atoms with E-state index in [-0.39, 0.29) is 12.0 Å². The Hall–Kier alpha value is -0.960. The molecule has 1 aromatic carbocycles. The molecule has 0 aromatic heterocycles. The van der Waals surface area contributed by atoms with Gasteiger partial charge >= 0.3 is 0 Å². The Kier molecular flexibility index (Phi) is 4.42. The molecule has 0 radical (unpaired) electrons. The molecule has 3 heteroatoms. The minimum Gasteiger partial charge on any atom is -0.328 e. The van der Waals surface area contributed by atoms with Crippen LogP contribution in [0.5, 0.6) is 0 Å². The fraction of sp³-hybridized carbons (Fsp3) is 0.538. The van der Waals surface area contributed by atoms with Crippen molar-refractivity contribution in [2.24, 2.45) is 17.6 Å². The maximum atomic E-state index is 13.0. The number of nitrogens with two attached hydrogens (primary N) is 1. The second kappa shape index (κ2) is 5.39. The fourth-order valence-electron chi connectivity index (χ4n) is 2.03. The maximum absolute atomic E-state index is 13.0. The number of hydrogen-bond donors (Lipinski definition) is 1. The van der Waals surface area contributed by atoms with Crippen molar-refractivity contribution in [1.29, 1.82) is 0 Å². The van der Waals surface area contributed by atoms with Crippen molar-refractivity contribution >= 4 is 0 Å². The van der Waals surface area contributed by atoms with Crippen molar-refractivity contribution in [3.8, 4) is 0 Å². The summed E-state index contributed by atoms with van der Waals surface area (Å²) in [4.78, 5) is 0. The molecule has 0 fully saturated rings. The van der Waals surface area contributed by atoms with E-state index in [0.717, 1.165) is 6.07 Å². The molecule has 1 nitrogen and oxygen atoms in total. The molecule has 0 heterocycles. The van der Waals surface area contributed by atoms with Gasteiger partial charge in [-0.15, -0.1) is 0 Å². The van der Waals surface area contributed by atoms with Gasteiger partial charge in [0.05, 0.1) is 0 Å². The predicted molar refractivity (Wildman–Crippen MR) is 62.0 cm³/mol. The number of halogens is 2. The van der Waals surface area contributed by atoms with Crippen LogP contribution in [0.25, 0.3) is 0 Å². The van der Waals surface area contributed by atoms with Gasteiger partial charge in [0.15, 0.2) is 0 Å². The highest BCUT2D eigenvalue weighted by atomic mass is 19.1. The van der Waals surface area contributed by atoms with Gasteiger partial charge < -0.3 is 5.73 Å². The highest BCUT2D eigenvalue weighted by Crippen LogP contribution is 2.21. The van der Waals surface area contributed by atoms with E-state index in [1.54, 1.807) is 0 Å². The molecule has 0 amide bonds. The Labute approximate surface area is 95.7 Å². The summed E-state index contributed by atoms with van der Waals surface area (Å²) in [7, 11) is 0. The Morgan fingerprint density at radius 1 is 1.06 bits per heavy atom. The van der Waals surface area contributed by atoms with Gasteiger partial charge in [-0.1, -0.05) is 13.8 Å². The minimum absolute atomic E-state index is 0.0197. The monoisotopic (exact) mass is 227 g/mol. The second-order valence-electron chi connectivity index (χ2n) is 4.75. The van der Waals surface area contributed by atoms with Crippen molar-refractivity contribution in [1.82, 2.24) is 0 Å². The molecule has 2 N–H and O–H groups in total. The number of hydrogen-bond acceptors (Lipinski definition) is 1. The van der Waals surface area contributed by atoms with Gasteiger partial charge in [0.25, 0.3) is 0 Å². The zero-order valence-corrected chi connectivity index (χ0v) is 10.0. The summed E-state index contributed by atoms with van der Waals surface area (Å²) in [5, 5.41) is 0.